The summed E-state index contributed by atoms with van der Waals surface area (Å²) in [5, 5.41) is 26.8. The van der Waals surface area contributed by atoms with Crippen molar-refractivity contribution in [1.82, 2.24) is 15.6 Å². The highest BCUT2D eigenvalue weighted by Gasteiger charge is 2.35. The average molecular weight is 567 g/mol. The second-order valence-corrected chi connectivity index (χ2v) is 10.7. The van der Waals surface area contributed by atoms with Crippen LogP contribution in [-0.2, 0) is 27.8 Å². The molecule has 0 bridgehead atoms. The zero-order valence-corrected chi connectivity index (χ0v) is 21.8. The standard InChI is InChI=1S/C25H28F2N4O7S/c1-14(23(34)28-12-15-6-4-3-5-7-15)21(32)22(33)19(10-16-8-17(26)11-18(27)9-16)29-24(35)20-13-38-25(30-20)31-39(2,36)37/h3-9,11,13-14,19,21-22,32-33H,10,12H2,1-2H3,(H,28,34)(H,29,35)(H,30,31). The lowest BCUT2D eigenvalue weighted by Gasteiger charge is -2.30. The molecule has 5 N–H and O–H groups in total. The quantitative estimate of drug-likeness (QED) is 0.219. The summed E-state index contributed by atoms with van der Waals surface area (Å²) >= 11 is 0. The molecular weight excluding hydrogens is 538 g/mol. The molecule has 1 aromatic heterocycles. The van der Waals surface area contributed by atoms with Gasteiger partial charge in [-0.2, -0.15) is 4.98 Å². The summed E-state index contributed by atoms with van der Waals surface area (Å²) in [6.07, 6.45) is -2.13. The minimum atomic E-state index is -3.75. The topological polar surface area (TPSA) is 171 Å². The van der Waals surface area contributed by atoms with Gasteiger partial charge in [-0.05, 0) is 29.7 Å². The number of oxazole rings is 1. The fourth-order valence-electron chi connectivity index (χ4n) is 3.70. The van der Waals surface area contributed by atoms with Crippen molar-refractivity contribution < 1.29 is 41.4 Å². The number of nitrogens with zero attached hydrogens (tertiary/aromatic N) is 1. The van der Waals surface area contributed by atoms with Crippen LogP contribution in [0.1, 0.15) is 28.5 Å². The Morgan fingerprint density at radius 2 is 1.67 bits per heavy atom. The number of carbonyl (C=O) groups excluding carboxylic acids is 2. The number of nitrogens with one attached hydrogen (secondary N) is 3. The number of sulfonamides is 1. The van der Waals surface area contributed by atoms with E-state index in [4.69, 9.17) is 4.42 Å². The highest BCUT2D eigenvalue weighted by Crippen LogP contribution is 2.18. The lowest BCUT2D eigenvalue weighted by Crippen LogP contribution is -2.53. The largest absolute Gasteiger partial charge is 0.431 e. The molecule has 0 aliphatic carbocycles. The van der Waals surface area contributed by atoms with Gasteiger partial charge in [-0.1, -0.05) is 37.3 Å². The van der Waals surface area contributed by atoms with E-state index in [0.717, 1.165) is 30.2 Å². The first-order valence-electron chi connectivity index (χ1n) is 11.7. The van der Waals surface area contributed by atoms with Gasteiger partial charge >= 0.3 is 6.01 Å². The second kappa shape index (κ2) is 12.8. The highest BCUT2D eigenvalue weighted by molar-refractivity contribution is 7.91. The van der Waals surface area contributed by atoms with Gasteiger partial charge in [-0.25, -0.2) is 21.9 Å². The Hall–Kier alpha value is -3.88. The third kappa shape index (κ3) is 8.84. The number of halogens is 2. The van der Waals surface area contributed by atoms with Gasteiger partial charge in [0.2, 0.25) is 15.9 Å². The van der Waals surface area contributed by atoms with E-state index in [0.29, 0.717) is 6.07 Å². The predicted octanol–water partition coefficient (Wildman–Crippen LogP) is 1.34. The minimum Gasteiger partial charge on any atom is -0.431 e. The molecular formula is C25H28F2N4O7S. The van der Waals surface area contributed by atoms with Gasteiger partial charge in [0.05, 0.1) is 24.3 Å². The molecule has 0 spiro atoms. The Kier molecular flexibility index (Phi) is 9.72. The van der Waals surface area contributed by atoms with Crippen molar-refractivity contribution in [3.63, 3.8) is 0 Å². The number of hydrogen-bond acceptors (Lipinski definition) is 8. The molecule has 0 saturated carbocycles. The van der Waals surface area contributed by atoms with Gasteiger partial charge in [0, 0.05) is 12.6 Å². The fourth-order valence-corrected chi connectivity index (χ4v) is 4.11. The van der Waals surface area contributed by atoms with Crippen molar-refractivity contribution >= 4 is 27.9 Å². The lowest BCUT2D eigenvalue weighted by atomic mass is 9.90. The molecule has 14 heteroatoms. The zero-order chi connectivity index (χ0) is 28.7. The van der Waals surface area contributed by atoms with Crippen molar-refractivity contribution in [2.75, 3.05) is 11.0 Å². The summed E-state index contributed by atoms with van der Waals surface area (Å²) < 4.78 is 57.2. The van der Waals surface area contributed by atoms with Crippen molar-refractivity contribution in [2.45, 2.75) is 38.1 Å². The summed E-state index contributed by atoms with van der Waals surface area (Å²) in [7, 11) is -3.75. The van der Waals surface area contributed by atoms with Crippen LogP contribution in [0.15, 0.2) is 59.2 Å². The van der Waals surface area contributed by atoms with Crippen LogP contribution in [0, 0.1) is 17.6 Å². The van der Waals surface area contributed by atoms with E-state index < -0.39 is 63.7 Å². The molecule has 11 nitrogen and oxygen atoms in total. The van der Waals surface area contributed by atoms with E-state index in [2.05, 4.69) is 15.6 Å². The molecule has 0 aliphatic rings. The van der Waals surface area contributed by atoms with Crippen molar-refractivity contribution in [3.05, 3.63) is 83.2 Å². The SMILES string of the molecule is CC(C(=O)NCc1ccccc1)C(O)C(O)C(Cc1cc(F)cc(F)c1)NC(=O)c1coc(NS(C)(=O)=O)n1. The Balaban J connectivity index is 1.77. The van der Waals surface area contributed by atoms with Crippen molar-refractivity contribution in [2.24, 2.45) is 5.92 Å². The smallest absolute Gasteiger partial charge is 0.309 e. The van der Waals surface area contributed by atoms with E-state index in [1.807, 2.05) is 10.8 Å². The molecule has 4 unspecified atom stereocenters. The molecule has 0 radical (unpaired) electrons. The summed E-state index contributed by atoms with van der Waals surface area (Å²) in [6, 6.07) is 9.76. The third-order valence-corrected chi connectivity index (χ3v) is 6.25. The van der Waals surface area contributed by atoms with Crippen molar-refractivity contribution in [3.8, 4) is 0 Å². The Bertz CT molecular complexity index is 1380. The number of aliphatic hydroxyl groups is 2. The molecule has 1 heterocycles. The first-order valence-corrected chi connectivity index (χ1v) is 13.6. The van der Waals surface area contributed by atoms with E-state index in [-0.39, 0.29) is 24.2 Å². The summed E-state index contributed by atoms with van der Waals surface area (Å²) in [6.45, 7) is 1.54. The number of carbonyl (C=O) groups is 2. The van der Waals surface area contributed by atoms with E-state index >= 15 is 0 Å². The molecule has 3 aromatic rings. The maximum Gasteiger partial charge on any atom is 0.309 e. The molecule has 3 rings (SSSR count). The summed E-state index contributed by atoms with van der Waals surface area (Å²) in [5.41, 5.74) is 0.473. The maximum absolute atomic E-state index is 13.8. The average Bonchev–Trinajstić information content (AvgIpc) is 3.32. The Labute approximate surface area is 223 Å². The van der Waals surface area contributed by atoms with Gasteiger partial charge in [-0.3, -0.25) is 9.59 Å². The lowest BCUT2D eigenvalue weighted by molar-refractivity contribution is -0.131. The van der Waals surface area contributed by atoms with Crippen LogP contribution in [0.4, 0.5) is 14.8 Å². The molecule has 0 saturated heterocycles. The molecule has 210 valence electrons. The van der Waals surface area contributed by atoms with Crippen molar-refractivity contribution in [1.29, 1.82) is 0 Å². The van der Waals surface area contributed by atoms with Crippen LogP contribution in [-0.4, -0.2) is 59.9 Å². The van der Waals surface area contributed by atoms with Crippen LogP contribution in [0.5, 0.6) is 0 Å². The second-order valence-electron chi connectivity index (χ2n) is 8.95. The fraction of sp³-hybridized carbons (Fsp3) is 0.320. The number of benzene rings is 2. The number of aromatic nitrogens is 1. The van der Waals surface area contributed by atoms with Gasteiger partial charge in [-0.15, -0.1) is 0 Å². The Morgan fingerprint density at radius 1 is 1.03 bits per heavy atom. The minimum absolute atomic E-state index is 0.0461. The van der Waals surface area contributed by atoms with E-state index in [9.17, 15) is 37.0 Å². The molecule has 4 atom stereocenters. The molecule has 39 heavy (non-hydrogen) atoms. The van der Waals surface area contributed by atoms with Gasteiger partial charge in [0.15, 0.2) is 5.69 Å². The van der Waals surface area contributed by atoms with E-state index in [1.165, 1.54) is 6.92 Å². The molecule has 0 aliphatic heterocycles. The first kappa shape index (κ1) is 29.7. The summed E-state index contributed by atoms with van der Waals surface area (Å²) in [5.74, 6) is -4.47. The monoisotopic (exact) mass is 566 g/mol. The van der Waals surface area contributed by atoms with Crippen LogP contribution in [0.25, 0.3) is 0 Å². The molecule has 2 aromatic carbocycles. The normalized spacial score (nSPS) is 14.6. The van der Waals surface area contributed by atoms with Gasteiger partial charge in [0.25, 0.3) is 5.91 Å². The highest BCUT2D eigenvalue weighted by atomic mass is 32.2. The number of hydrogen-bond donors (Lipinski definition) is 5. The first-order chi connectivity index (χ1) is 18.3. The molecule has 2 amide bonds. The zero-order valence-electron chi connectivity index (χ0n) is 21.0. The van der Waals surface area contributed by atoms with Crippen LogP contribution in [0.3, 0.4) is 0 Å². The maximum atomic E-state index is 13.8. The number of aliphatic hydroxyl groups excluding tert-OH is 2. The van der Waals surface area contributed by atoms with Crippen LogP contribution < -0.4 is 15.4 Å². The van der Waals surface area contributed by atoms with Gasteiger partial charge in [0.1, 0.15) is 24.0 Å². The number of amides is 2. The number of rotatable bonds is 12. The summed E-state index contributed by atoms with van der Waals surface area (Å²) in [4.78, 5) is 29.2. The predicted molar refractivity (Wildman–Crippen MR) is 136 cm³/mol. The van der Waals surface area contributed by atoms with E-state index in [1.54, 1.807) is 24.3 Å². The number of anilines is 1. The molecule has 0 fully saturated rings. The Morgan fingerprint density at radius 3 is 2.28 bits per heavy atom. The van der Waals surface area contributed by atoms with Crippen LogP contribution in [0.2, 0.25) is 0 Å². The van der Waals surface area contributed by atoms with Gasteiger partial charge < -0.3 is 25.3 Å². The van der Waals surface area contributed by atoms with Crippen LogP contribution >= 0.6 is 0 Å². The third-order valence-electron chi connectivity index (χ3n) is 5.70.